The van der Waals surface area contributed by atoms with E-state index in [4.69, 9.17) is 25.4 Å². The molecule has 0 spiro atoms. The number of nitrogen functional groups attached to an aromatic ring is 1. The number of nitrogens with two attached hydrogens (primary N) is 1. The molecule has 1 saturated heterocycles. The van der Waals surface area contributed by atoms with Gasteiger partial charge in [-0.3, -0.25) is 4.57 Å². The molecule has 2 rings (SSSR count). The second kappa shape index (κ2) is 5.59. The van der Waals surface area contributed by atoms with Crippen LogP contribution in [0.5, 0.6) is 0 Å². The Bertz CT molecular complexity index is 628. The summed E-state index contributed by atoms with van der Waals surface area (Å²) in [4.78, 5) is 34.5. The quantitative estimate of drug-likeness (QED) is 0.265. The monoisotopic (exact) mass is 339 g/mol. The minimum Gasteiger partial charge on any atom is -0.476 e. The van der Waals surface area contributed by atoms with E-state index in [0.29, 0.717) is 0 Å². The van der Waals surface area contributed by atoms with Gasteiger partial charge in [0.25, 0.3) is 0 Å². The third kappa shape index (κ3) is 2.85. The molecule has 1 aromatic rings. The van der Waals surface area contributed by atoms with Gasteiger partial charge < -0.3 is 45.7 Å². The van der Waals surface area contributed by atoms with Crippen molar-refractivity contribution in [3.8, 4) is 0 Å². The van der Waals surface area contributed by atoms with Gasteiger partial charge in [0.05, 0.1) is 0 Å². The van der Waals surface area contributed by atoms with Gasteiger partial charge in [0, 0.05) is 0 Å². The molecule has 1 fully saturated rings. The molecule has 2 unspecified atom stereocenters. The lowest BCUT2D eigenvalue weighted by Crippen LogP contribution is -2.38. The molecule has 0 amide bonds. The van der Waals surface area contributed by atoms with Gasteiger partial charge in [-0.25, -0.2) is 9.78 Å². The van der Waals surface area contributed by atoms with E-state index < -0.39 is 55.3 Å². The predicted octanol–water partition coefficient (Wildman–Crippen LogP) is -2.65. The SMILES string of the molecule is Nc1nc(C2O[C@H](C(O)P(=O)(O)O)[C@@H](O)[C@H]2O)[nH]c1C(=O)O. The molecule has 124 valence electrons. The fraction of sp³-hybridized carbons (Fsp3) is 0.556. The van der Waals surface area contributed by atoms with Crippen LogP contribution in [0.25, 0.3) is 0 Å². The molecule has 0 radical (unpaired) electrons. The van der Waals surface area contributed by atoms with Crippen molar-refractivity contribution in [1.82, 2.24) is 9.97 Å². The molecule has 5 atom stereocenters. The third-order valence-corrected chi connectivity index (χ3v) is 4.16. The number of carbonyl (C=O) groups is 1. The molecule has 12 nitrogen and oxygen atoms in total. The van der Waals surface area contributed by atoms with Gasteiger partial charge in [0.2, 0.25) is 0 Å². The number of rotatable bonds is 4. The number of ether oxygens (including phenoxy) is 1. The normalized spacial score (nSPS) is 30.4. The van der Waals surface area contributed by atoms with E-state index >= 15 is 0 Å². The van der Waals surface area contributed by atoms with Crippen LogP contribution >= 0.6 is 7.60 Å². The number of carboxylic acid groups (broad SMARTS) is 1. The molecule has 1 aromatic heterocycles. The number of aromatic nitrogens is 2. The maximum Gasteiger partial charge on any atom is 0.356 e. The van der Waals surface area contributed by atoms with E-state index in [2.05, 4.69) is 9.97 Å². The zero-order valence-corrected chi connectivity index (χ0v) is 11.7. The molecular weight excluding hydrogens is 325 g/mol. The average Bonchev–Trinajstić information content (AvgIpc) is 2.90. The minimum atomic E-state index is -5.00. The van der Waals surface area contributed by atoms with Crippen LogP contribution in [0.3, 0.4) is 0 Å². The second-order valence-corrected chi connectivity index (χ2v) is 6.40. The maximum absolute atomic E-state index is 11.0. The highest BCUT2D eigenvalue weighted by Crippen LogP contribution is 2.47. The number of hydrogen-bond acceptors (Lipinski definition) is 8. The Labute approximate surface area is 122 Å². The van der Waals surface area contributed by atoms with Crippen LogP contribution in [-0.4, -0.2) is 70.3 Å². The second-order valence-electron chi connectivity index (χ2n) is 4.69. The summed E-state index contributed by atoms with van der Waals surface area (Å²) >= 11 is 0. The van der Waals surface area contributed by atoms with Crippen molar-refractivity contribution >= 4 is 19.4 Å². The number of aromatic amines is 1. The van der Waals surface area contributed by atoms with Crippen LogP contribution in [0.1, 0.15) is 22.4 Å². The number of aliphatic hydroxyl groups is 3. The molecule has 22 heavy (non-hydrogen) atoms. The van der Waals surface area contributed by atoms with E-state index in [9.17, 15) is 24.7 Å². The first-order chi connectivity index (χ1) is 10.0. The summed E-state index contributed by atoms with van der Waals surface area (Å²) in [5, 5.41) is 37.9. The lowest BCUT2D eigenvalue weighted by Gasteiger charge is -2.21. The first kappa shape index (κ1) is 16.8. The lowest BCUT2D eigenvalue weighted by atomic mass is 10.1. The Balaban J connectivity index is 2.29. The highest BCUT2D eigenvalue weighted by atomic mass is 31.2. The number of hydrogen-bond donors (Lipinski definition) is 8. The van der Waals surface area contributed by atoms with Gasteiger partial charge in [0.1, 0.15) is 30.2 Å². The van der Waals surface area contributed by atoms with E-state index in [1.807, 2.05) is 0 Å². The largest absolute Gasteiger partial charge is 0.476 e. The lowest BCUT2D eigenvalue weighted by molar-refractivity contribution is -0.0465. The average molecular weight is 339 g/mol. The van der Waals surface area contributed by atoms with Gasteiger partial charge in [0.15, 0.2) is 17.4 Å². The topological polar surface area (TPSA) is 219 Å². The molecule has 0 saturated carbocycles. The smallest absolute Gasteiger partial charge is 0.356 e. The molecule has 2 heterocycles. The fourth-order valence-corrected chi connectivity index (χ4v) is 2.70. The first-order valence-corrected chi connectivity index (χ1v) is 7.55. The van der Waals surface area contributed by atoms with E-state index in [0.717, 1.165) is 0 Å². The summed E-state index contributed by atoms with van der Waals surface area (Å²) < 4.78 is 16.0. The molecule has 0 aromatic carbocycles. The van der Waals surface area contributed by atoms with Gasteiger partial charge in [-0.15, -0.1) is 0 Å². The third-order valence-electron chi connectivity index (χ3n) is 3.17. The van der Waals surface area contributed by atoms with E-state index in [-0.39, 0.29) is 5.82 Å². The zero-order chi connectivity index (χ0) is 16.8. The number of anilines is 1. The number of nitrogens with zero attached hydrogens (tertiary/aromatic N) is 1. The van der Waals surface area contributed by atoms with Gasteiger partial charge in [-0.1, -0.05) is 0 Å². The van der Waals surface area contributed by atoms with E-state index in [1.54, 1.807) is 0 Å². The molecule has 13 heteroatoms. The Morgan fingerprint density at radius 2 is 1.95 bits per heavy atom. The van der Waals surface area contributed by atoms with Crippen molar-refractivity contribution in [2.24, 2.45) is 0 Å². The highest BCUT2D eigenvalue weighted by Gasteiger charge is 2.52. The number of imidazole rings is 1. The maximum atomic E-state index is 11.0. The Morgan fingerprint density at radius 3 is 2.41 bits per heavy atom. The molecule has 9 N–H and O–H groups in total. The standard InChI is InChI=1S/C9H14N3O9P/c10-6-1(8(15)16)11-7(12-6)4-2(13)3(14)5(21-4)9(17)22(18,19)20/h2-5,9,13-14,17H,10H2,(H,11,12)(H,15,16)(H2,18,19,20)/t2-,3+,4?,5+,9?/m1/s1. The minimum absolute atomic E-state index is 0.262. The van der Waals surface area contributed by atoms with Gasteiger partial charge in [-0.05, 0) is 0 Å². The first-order valence-electron chi connectivity index (χ1n) is 5.87. The van der Waals surface area contributed by atoms with Gasteiger partial charge in [-0.2, -0.15) is 0 Å². The van der Waals surface area contributed by atoms with E-state index in [1.165, 1.54) is 0 Å². The predicted molar refractivity (Wildman–Crippen MR) is 67.6 cm³/mol. The van der Waals surface area contributed by atoms with Crippen molar-refractivity contribution in [1.29, 1.82) is 0 Å². The number of aromatic carboxylic acids is 1. The van der Waals surface area contributed by atoms with Crippen LogP contribution < -0.4 is 5.73 Å². The summed E-state index contributed by atoms with van der Waals surface area (Å²) in [6.07, 6.45) is -6.78. The number of carboxylic acids is 1. The summed E-state index contributed by atoms with van der Waals surface area (Å²) in [6, 6.07) is 0. The zero-order valence-electron chi connectivity index (χ0n) is 10.8. The van der Waals surface area contributed by atoms with Crippen molar-refractivity contribution in [3.63, 3.8) is 0 Å². The number of H-pyrrole nitrogens is 1. The summed E-state index contributed by atoms with van der Waals surface area (Å²) in [5.74, 6) is -4.45. The van der Waals surface area contributed by atoms with Crippen LogP contribution in [0.2, 0.25) is 0 Å². The van der Waals surface area contributed by atoms with Crippen molar-refractivity contribution in [2.75, 3.05) is 5.73 Å². The Hall–Kier alpha value is -1.53. The molecule has 0 aliphatic carbocycles. The number of aliphatic hydroxyl groups excluding tert-OH is 3. The van der Waals surface area contributed by atoms with Crippen molar-refractivity contribution in [3.05, 3.63) is 11.5 Å². The molecule has 1 aliphatic heterocycles. The van der Waals surface area contributed by atoms with Crippen LogP contribution in [0, 0.1) is 0 Å². The fourth-order valence-electron chi connectivity index (χ4n) is 2.07. The molecular formula is C9H14N3O9P. The highest BCUT2D eigenvalue weighted by molar-refractivity contribution is 7.52. The number of nitrogens with one attached hydrogen (secondary N) is 1. The van der Waals surface area contributed by atoms with Crippen LogP contribution in [0.4, 0.5) is 5.82 Å². The van der Waals surface area contributed by atoms with Crippen molar-refractivity contribution < 1.29 is 44.3 Å². The molecule has 1 aliphatic rings. The molecule has 0 bridgehead atoms. The van der Waals surface area contributed by atoms with Crippen LogP contribution in [0.15, 0.2) is 0 Å². The Morgan fingerprint density at radius 1 is 1.36 bits per heavy atom. The van der Waals surface area contributed by atoms with Gasteiger partial charge >= 0.3 is 13.6 Å². The summed E-state index contributed by atoms with van der Waals surface area (Å²) in [6.45, 7) is 0. The van der Waals surface area contributed by atoms with Crippen LogP contribution in [-0.2, 0) is 9.30 Å². The summed E-state index contributed by atoms with van der Waals surface area (Å²) in [5.41, 5.74) is 4.88. The summed E-state index contributed by atoms with van der Waals surface area (Å²) in [7, 11) is -5.00. The van der Waals surface area contributed by atoms with Crippen molar-refractivity contribution in [2.45, 2.75) is 30.3 Å². The Kier molecular flexibility index (Phi) is 4.28.